The van der Waals surface area contributed by atoms with Crippen LogP contribution >= 0.6 is 0 Å². The summed E-state index contributed by atoms with van der Waals surface area (Å²) in [5.41, 5.74) is 5.14. The van der Waals surface area contributed by atoms with Crippen molar-refractivity contribution in [3.8, 4) is 5.75 Å². The van der Waals surface area contributed by atoms with Crippen molar-refractivity contribution in [1.29, 1.82) is 0 Å². The largest absolute Gasteiger partial charge is 0.488 e. The molecule has 1 rings (SSSR count). The van der Waals surface area contributed by atoms with Gasteiger partial charge in [-0.05, 0) is 18.6 Å². The van der Waals surface area contributed by atoms with Crippen molar-refractivity contribution < 1.29 is 9.53 Å². The molecule has 6 nitrogen and oxygen atoms in total. The zero-order chi connectivity index (χ0) is 16.9. The Balaban J connectivity index is 2.41. The number of nitrogens with zero attached hydrogens (tertiary/aromatic N) is 1. The topological polar surface area (TPSA) is 86.3 Å². The number of hydrogen-bond acceptors (Lipinski definition) is 4. The van der Waals surface area contributed by atoms with E-state index >= 15 is 0 Å². The number of amides is 1. The van der Waals surface area contributed by atoms with E-state index < -0.39 is 0 Å². The van der Waals surface area contributed by atoms with E-state index in [0.29, 0.717) is 32.0 Å². The molecule has 0 aromatic carbocycles. The number of ether oxygens (including phenoxy) is 1. The van der Waals surface area contributed by atoms with Gasteiger partial charge in [-0.2, -0.15) is 0 Å². The Hall–Kier alpha value is -1.82. The Kier molecular flexibility index (Phi) is 9.79. The molecule has 0 atom stereocenters. The fraction of sp³-hybridized carbons (Fsp3) is 0.647. The number of nitrogens with two attached hydrogens (primary N) is 1. The molecule has 0 aliphatic rings. The third kappa shape index (κ3) is 7.83. The van der Waals surface area contributed by atoms with Crippen LogP contribution in [0.5, 0.6) is 5.75 Å². The van der Waals surface area contributed by atoms with Gasteiger partial charge in [0, 0.05) is 32.3 Å². The van der Waals surface area contributed by atoms with Gasteiger partial charge in [0.1, 0.15) is 0 Å². The molecule has 0 aliphatic carbocycles. The molecule has 0 radical (unpaired) electrons. The van der Waals surface area contributed by atoms with E-state index in [1.165, 1.54) is 23.8 Å². The number of unbranched alkanes of at least 4 members (excludes halogenated alkanes) is 4. The lowest BCUT2D eigenvalue weighted by molar-refractivity contribution is -0.121. The Bertz CT molecular complexity index is 514. The van der Waals surface area contributed by atoms with Crippen LogP contribution in [-0.2, 0) is 11.3 Å². The van der Waals surface area contributed by atoms with Gasteiger partial charge in [0.05, 0.1) is 6.61 Å². The number of aromatic nitrogens is 1. The van der Waals surface area contributed by atoms with E-state index in [2.05, 4.69) is 12.2 Å². The second-order valence-corrected chi connectivity index (χ2v) is 5.52. The van der Waals surface area contributed by atoms with Gasteiger partial charge in [0.2, 0.25) is 5.91 Å². The summed E-state index contributed by atoms with van der Waals surface area (Å²) in [4.78, 5) is 23.8. The van der Waals surface area contributed by atoms with Gasteiger partial charge in [-0.15, -0.1) is 0 Å². The number of aryl methyl sites for hydroxylation is 1. The normalized spacial score (nSPS) is 10.5. The molecule has 0 saturated heterocycles. The first-order valence-corrected chi connectivity index (χ1v) is 8.48. The molecule has 0 unspecified atom stereocenters. The van der Waals surface area contributed by atoms with Crippen molar-refractivity contribution in [1.82, 2.24) is 9.88 Å². The molecule has 1 heterocycles. The summed E-state index contributed by atoms with van der Waals surface area (Å²) in [6.07, 6.45) is 7.66. The summed E-state index contributed by atoms with van der Waals surface area (Å²) in [6.45, 7) is 3.93. The Morgan fingerprint density at radius 3 is 2.83 bits per heavy atom. The van der Waals surface area contributed by atoms with Crippen molar-refractivity contribution >= 4 is 5.91 Å². The van der Waals surface area contributed by atoms with Gasteiger partial charge in [-0.25, -0.2) is 0 Å². The highest BCUT2D eigenvalue weighted by Gasteiger charge is 2.06. The van der Waals surface area contributed by atoms with Crippen LogP contribution in [0.2, 0.25) is 0 Å². The van der Waals surface area contributed by atoms with Crippen LogP contribution in [0.3, 0.4) is 0 Å². The minimum Gasteiger partial charge on any atom is -0.488 e. The third-order valence-corrected chi connectivity index (χ3v) is 3.54. The van der Waals surface area contributed by atoms with Crippen LogP contribution in [-0.4, -0.2) is 30.2 Å². The zero-order valence-corrected chi connectivity index (χ0v) is 14.1. The van der Waals surface area contributed by atoms with Crippen molar-refractivity contribution in [2.24, 2.45) is 5.73 Å². The van der Waals surface area contributed by atoms with Gasteiger partial charge in [0.25, 0.3) is 5.56 Å². The predicted octanol–water partition coefficient (Wildman–Crippen LogP) is 1.66. The number of nitrogens with one attached hydrogen (secondary N) is 1. The van der Waals surface area contributed by atoms with Gasteiger partial charge in [0.15, 0.2) is 5.75 Å². The number of pyridine rings is 1. The summed E-state index contributed by atoms with van der Waals surface area (Å²) >= 11 is 0. The minimum absolute atomic E-state index is 0.107. The highest BCUT2D eigenvalue weighted by atomic mass is 16.5. The lowest BCUT2D eigenvalue weighted by atomic mass is 10.2. The van der Waals surface area contributed by atoms with E-state index in [1.807, 2.05) is 0 Å². The lowest BCUT2D eigenvalue weighted by Gasteiger charge is -2.09. The highest BCUT2D eigenvalue weighted by molar-refractivity contribution is 5.75. The number of rotatable bonds is 12. The Labute approximate surface area is 138 Å². The zero-order valence-electron chi connectivity index (χ0n) is 14.1. The summed E-state index contributed by atoms with van der Waals surface area (Å²) < 4.78 is 7.09. The SMILES string of the molecule is CCCCCCCOc1cccn(CCC(=O)NCCN)c1=O. The summed E-state index contributed by atoms with van der Waals surface area (Å²) in [5, 5.41) is 2.68. The summed E-state index contributed by atoms with van der Waals surface area (Å²) in [5.74, 6) is 0.245. The fourth-order valence-electron chi connectivity index (χ4n) is 2.21. The average Bonchev–Trinajstić information content (AvgIpc) is 2.56. The van der Waals surface area contributed by atoms with Crippen LogP contribution in [0, 0.1) is 0 Å². The first-order chi connectivity index (χ1) is 11.2. The molecular weight excluding hydrogens is 294 g/mol. The fourth-order valence-corrected chi connectivity index (χ4v) is 2.21. The maximum Gasteiger partial charge on any atom is 0.292 e. The molecule has 0 saturated carbocycles. The van der Waals surface area contributed by atoms with E-state index in [-0.39, 0.29) is 17.9 Å². The van der Waals surface area contributed by atoms with Crippen LogP contribution < -0.4 is 21.3 Å². The molecule has 6 heteroatoms. The van der Waals surface area contributed by atoms with E-state index in [9.17, 15) is 9.59 Å². The van der Waals surface area contributed by atoms with E-state index in [4.69, 9.17) is 10.5 Å². The van der Waals surface area contributed by atoms with Crippen molar-refractivity contribution in [3.63, 3.8) is 0 Å². The molecular formula is C17H29N3O3. The van der Waals surface area contributed by atoms with Crippen molar-refractivity contribution in [2.75, 3.05) is 19.7 Å². The molecule has 130 valence electrons. The van der Waals surface area contributed by atoms with E-state index in [1.54, 1.807) is 18.3 Å². The Morgan fingerprint density at radius 2 is 2.09 bits per heavy atom. The number of carbonyl (C=O) groups is 1. The van der Waals surface area contributed by atoms with Crippen molar-refractivity contribution in [2.45, 2.75) is 52.0 Å². The number of carbonyl (C=O) groups excluding carboxylic acids is 1. The molecule has 0 aliphatic heterocycles. The van der Waals surface area contributed by atoms with Gasteiger partial charge in [-0.3, -0.25) is 9.59 Å². The molecule has 23 heavy (non-hydrogen) atoms. The molecule has 3 N–H and O–H groups in total. The summed E-state index contributed by atoms with van der Waals surface area (Å²) in [7, 11) is 0. The quantitative estimate of drug-likeness (QED) is 0.573. The third-order valence-electron chi connectivity index (χ3n) is 3.54. The van der Waals surface area contributed by atoms with Crippen LogP contribution in [0.25, 0.3) is 0 Å². The second kappa shape index (κ2) is 11.7. The van der Waals surface area contributed by atoms with Crippen LogP contribution in [0.1, 0.15) is 45.4 Å². The lowest BCUT2D eigenvalue weighted by Crippen LogP contribution is -2.31. The first-order valence-electron chi connectivity index (χ1n) is 8.48. The maximum atomic E-state index is 12.2. The summed E-state index contributed by atoms with van der Waals surface area (Å²) in [6, 6.07) is 3.45. The van der Waals surface area contributed by atoms with Crippen LogP contribution in [0.4, 0.5) is 0 Å². The van der Waals surface area contributed by atoms with Gasteiger partial charge in [-0.1, -0.05) is 32.6 Å². The minimum atomic E-state index is -0.187. The Morgan fingerprint density at radius 1 is 1.30 bits per heavy atom. The molecule has 0 bridgehead atoms. The molecule has 1 aromatic heterocycles. The van der Waals surface area contributed by atoms with Gasteiger partial charge < -0.3 is 20.4 Å². The number of hydrogen-bond donors (Lipinski definition) is 2. The van der Waals surface area contributed by atoms with Crippen molar-refractivity contribution in [3.05, 3.63) is 28.7 Å². The molecule has 0 fully saturated rings. The first kappa shape index (κ1) is 19.2. The molecule has 0 spiro atoms. The van der Waals surface area contributed by atoms with Gasteiger partial charge >= 0.3 is 0 Å². The molecule has 1 amide bonds. The smallest absolute Gasteiger partial charge is 0.292 e. The molecule has 1 aromatic rings. The van der Waals surface area contributed by atoms with E-state index in [0.717, 1.165) is 12.8 Å². The predicted molar refractivity (Wildman–Crippen MR) is 91.6 cm³/mol. The second-order valence-electron chi connectivity index (χ2n) is 5.52. The van der Waals surface area contributed by atoms with Crippen LogP contribution in [0.15, 0.2) is 23.1 Å². The highest BCUT2D eigenvalue weighted by Crippen LogP contribution is 2.06. The monoisotopic (exact) mass is 323 g/mol. The maximum absolute atomic E-state index is 12.2. The average molecular weight is 323 g/mol. The standard InChI is InChI=1S/C17H29N3O3/c1-2-3-4-5-6-14-23-15-8-7-12-20(17(15)22)13-9-16(21)19-11-10-18/h7-8,12H,2-6,9-11,13-14,18H2,1H3,(H,19,21).